The molecule has 1 rings (SSSR count). The molecule has 2 nitrogen and oxygen atoms in total. The maximum Gasteiger partial charge on any atom is 0.0942 e. The van der Waals surface area contributed by atoms with Gasteiger partial charge in [-0.05, 0) is 43.0 Å². The Labute approximate surface area is 115 Å². The Morgan fingerprint density at radius 3 is 2.50 bits per heavy atom. The van der Waals surface area contributed by atoms with Crippen LogP contribution in [0.2, 0.25) is 5.02 Å². The number of aliphatic hydroxyl groups excluding tert-OH is 1. The number of hydrogen-bond acceptors (Lipinski definition) is 2. The molecular formula is C15H24ClNO. The molecule has 0 radical (unpaired) electrons. The van der Waals surface area contributed by atoms with Gasteiger partial charge < -0.3 is 10.4 Å². The molecule has 0 saturated heterocycles. The minimum atomic E-state index is -0.482. The molecule has 0 fully saturated rings. The van der Waals surface area contributed by atoms with Crippen molar-refractivity contribution in [3.05, 3.63) is 34.3 Å². The lowest BCUT2D eigenvalue weighted by atomic mass is 9.98. The molecule has 1 aromatic carbocycles. The first-order valence-corrected chi connectivity index (χ1v) is 7.01. The summed E-state index contributed by atoms with van der Waals surface area (Å²) >= 11 is 6.00. The predicted molar refractivity (Wildman–Crippen MR) is 78.1 cm³/mol. The van der Waals surface area contributed by atoms with Crippen molar-refractivity contribution in [3.63, 3.8) is 0 Å². The highest BCUT2D eigenvalue weighted by molar-refractivity contribution is 6.31. The highest BCUT2D eigenvalue weighted by Gasteiger charge is 2.19. The van der Waals surface area contributed by atoms with E-state index < -0.39 is 6.10 Å². The zero-order valence-corrected chi connectivity index (χ0v) is 12.5. The Hall–Kier alpha value is -0.570. The van der Waals surface area contributed by atoms with Crippen LogP contribution in [0.15, 0.2) is 18.2 Å². The maximum atomic E-state index is 10.4. The first kappa shape index (κ1) is 15.5. The lowest BCUT2D eigenvalue weighted by Gasteiger charge is -2.24. The van der Waals surface area contributed by atoms with Crippen LogP contribution in [0.5, 0.6) is 0 Å². The lowest BCUT2D eigenvalue weighted by Crippen LogP contribution is -2.36. The summed E-state index contributed by atoms with van der Waals surface area (Å²) in [5.74, 6) is 0.582. The van der Waals surface area contributed by atoms with Crippen molar-refractivity contribution >= 4 is 11.6 Å². The molecule has 18 heavy (non-hydrogen) atoms. The molecule has 2 unspecified atom stereocenters. The van der Waals surface area contributed by atoms with Crippen LogP contribution < -0.4 is 5.32 Å². The van der Waals surface area contributed by atoms with Crippen molar-refractivity contribution in [1.29, 1.82) is 0 Å². The Kier molecular flexibility index (Phi) is 6.13. The molecular weight excluding hydrogens is 246 g/mol. The monoisotopic (exact) mass is 269 g/mol. The summed E-state index contributed by atoms with van der Waals surface area (Å²) in [6.07, 6.45) is 0.417. The van der Waals surface area contributed by atoms with Crippen LogP contribution in [0, 0.1) is 12.8 Å². The van der Waals surface area contributed by atoms with E-state index in [1.807, 2.05) is 25.1 Å². The molecule has 0 aliphatic rings. The van der Waals surface area contributed by atoms with Gasteiger partial charge in [-0.1, -0.05) is 44.5 Å². The SMILES string of the molecule is CCC(NCC(C)C)C(O)c1ccc(Cl)c(C)c1. The third-order valence-electron chi connectivity index (χ3n) is 3.13. The van der Waals surface area contributed by atoms with Crippen molar-refractivity contribution in [2.24, 2.45) is 5.92 Å². The van der Waals surface area contributed by atoms with E-state index in [-0.39, 0.29) is 6.04 Å². The molecule has 3 heteroatoms. The molecule has 2 atom stereocenters. The second-order valence-corrected chi connectivity index (χ2v) is 5.68. The molecule has 0 spiro atoms. The first-order chi connectivity index (χ1) is 8.45. The standard InChI is InChI=1S/C15H24ClNO/c1-5-14(17-9-10(2)3)15(18)12-6-7-13(16)11(4)8-12/h6-8,10,14-15,17-18H,5,9H2,1-4H3. The molecule has 0 aliphatic carbocycles. The van der Waals surface area contributed by atoms with E-state index in [0.29, 0.717) is 5.92 Å². The first-order valence-electron chi connectivity index (χ1n) is 6.63. The predicted octanol–water partition coefficient (Wildman–Crippen LogP) is 3.71. The summed E-state index contributed by atoms with van der Waals surface area (Å²) < 4.78 is 0. The fourth-order valence-electron chi connectivity index (χ4n) is 1.95. The van der Waals surface area contributed by atoms with Crippen LogP contribution >= 0.6 is 11.6 Å². The number of aliphatic hydroxyl groups is 1. The molecule has 102 valence electrons. The number of benzene rings is 1. The molecule has 0 aliphatic heterocycles. The number of hydrogen-bond donors (Lipinski definition) is 2. The Bertz CT molecular complexity index is 379. The maximum absolute atomic E-state index is 10.4. The molecule has 2 N–H and O–H groups in total. The van der Waals surface area contributed by atoms with Gasteiger partial charge in [0.1, 0.15) is 0 Å². The summed E-state index contributed by atoms with van der Waals surface area (Å²) in [4.78, 5) is 0. The molecule has 1 aromatic rings. The van der Waals surface area contributed by atoms with Gasteiger partial charge >= 0.3 is 0 Å². The molecule has 0 amide bonds. The smallest absolute Gasteiger partial charge is 0.0942 e. The van der Waals surface area contributed by atoms with Gasteiger partial charge in [-0.3, -0.25) is 0 Å². The third-order valence-corrected chi connectivity index (χ3v) is 3.56. The largest absolute Gasteiger partial charge is 0.387 e. The number of rotatable bonds is 6. The van der Waals surface area contributed by atoms with E-state index in [4.69, 9.17) is 11.6 Å². The van der Waals surface area contributed by atoms with E-state index in [2.05, 4.69) is 26.1 Å². The van der Waals surface area contributed by atoms with Gasteiger partial charge in [0.25, 0.3) is 0 Å². The van der Waals surface area contributed by atoms with Gasteiger partial charge in [0, 0.05) is 11.1 Å². The van der Waals surface area contributed by atoms with Gasteiger partial charge in [-0.15, -0.1) is 0 Å². The van der Waals surface area contributed by atoms with Crippen LogP contribution in [0.1, 0.15) is 44.4 Å². The van der Waals surface area contributed by atoms with Gasteiger partial charge in [0.05, 0.1) is 6.10 Å². The van der Waals surface area contributed by atoms with Crippen molar-refractivity contribution in [2.45, 2.75) is 46.3 Å². The van der Waals surface area contributed by atoms with Crippen molar-refractivity contribution in [3.8, 4) is 0 Å². The topological polar surface area (TPSA) is 32.3 Å². The number of halogens is 1. The van der Waals surface area contributed by atoms with Crippen LogP contribution in [-0.4, -0.2) is 17.7 Å². The average Bonchev–Trinajstić information content (AvgIpc) is 2.32. The molecule has 0 aromatic heterocycles. The van der Waals surface area contributed by atoms with E-state index in [1.54, 1.807) is 0 Å². The van der Waals surface area contributed by atoms with Gasteiger partial charge in [-0.25, -0.2) is 0 Å². The highest BCUT2D eigenvalue weighted by atomic mass is 35.5. The van der Waals surface area contributed by atoms with Crippen molar-refractivity contribution < 1.29 is 5.11 Å². The summed E-state index contributed by atoms with van der Waals surface area (Å²) in [5.41, 5.74) is 1.94. The highest BCUT2D eigenvalue weighted by Crippen LogP contribution is 2.24. The summed E-state index contributed by atoms with van der Waals surface area (Å²) in [5, 5.41) is 14.6. The zero-order valence-electron chi connectivity index (χ0n) is 11.7. The van der Waals surface area contributed by atoms with Crippen molar-refractivity contribution in [1.82, 2.24) is 5.32 Å². The van der Waals surface area contributed by atoms with Crippen molar-refractivity contribution in [2.75, 3.05) is 6.54 Å². The minimum absolute atomic E-state index is 0.0907. The van der Waals surface area contributed by atoms with E-state index >= 15 is 0 Å². The molecule has 0 saturated carbocycles. The summed E-state index contributed by atoms with van der Waals surface area (Å²) in [6.45, 7) is 9.30. The fourth-order valence-corrected chi connectivity index (χ4v) is 2.07. The van der Waals surface area contributed by atoms with E-state index in [1.165, 1.54) is 0 Å². The second-order valence-electron chi connectivity index (χ2n) is 5.27. The van der Waals surface area contributed by atoms with E-state index in [0.717, 1.165) is 29.1 Å². The van der Waals surface area contributed by atoms with Gasteiger partial charge in [0.2, 0.25) is 0 Å². The van der Waals surface area contributed by atoms with Gasteiger partial charge in [-0.2, -0.15) is 0 Å². The third kappa shape index (κ3) is 4.27. The second kappa shape index (κ2) is 7.13. The zero-order chi connectivity index (χ0) is 13.7. The fraction of sp³-hybridized carbons (Fsp3) is 0.600. The lowest BCUT2D eigenvalue weighted by molar-refractivity contribution is 0.124. The Morgan fingerprint density at radius 1 is 1.33 bits per heavy atom. The van der Waals surface area contributed by atoms with Crippen LogP contribution in [0.3, 0.4) is 0 Å². The normalized spacial score (nSPS) is 14.8. The number of aryl methyl sites for hydroxylation is 1. The summed E-state index contributed by atoms with van der Waals surface area (Å²) in [7, 11) is 0. The molecule has 0 heterocycles. The minimum Gasteiger partial charge on any atom is -0.387 e. The van der Waals surface area contributed by atoms with Gasteiger partial charge in [0.15, 0.2) is 0 Å². The quantitative estimate of drug-likeness (QED) is 0.825. The van der Waals surface area contributed by atoms with E-state index in [9.17, 15) is 5.11 Å². The number of nitrogens with one attached hydrogen (secondary N) is 1. The molecule has 0 bridgehead atoms. The Balaban J connectivity index is 2.76. The average molecular weight is 270 g/mol. The Morgan fingerprint density at radius 2 is 2.00 bits per heavy atom. The van der Waals surface area contributed by atoms with Crippen LogP contribution in [0.4, 0.5) is 0 Å². The summed E-state index contributed by atoms with van der Waals surface area (Å²) in [6, 6.07) is 5.81. The van der Waals surface area contributed by atoms with Crippen LogP contribution in [0.25, 0.3) is 0 Å². The van der Waals surface area contributed by atoms with Crippen LogP contribution in [-0.2, 0) is 0 Å².